The molecule has 1 atom stereocenters. The summed E-state index contributed by atoms with van der Waals surface area (Å²) < 4.78 is 1.94. The number of rotatable bonds is 6. The maximum atomic E-state index is 4.03. The van der Waals surface area contributed by atoms with Gasteiger partial charge in [0.15, 0.2) is 5.16 Å². The van der Waals surface area contributed by atoms with Gasteiger partial charge < -0.3 is 9.88 Å². The van der Waals surface area contributed by atoms with Crippen LogP contribution in [0.4, 0.5) is 0 Å². The number of thiophene rings is 1. The van der Waals surface area contributed by atoms with Crippen LogP contribution < -0.4 is 5.32 Å². The molecule has 6 heteroatoms. The van der Waals surface area contributed by atoms with Crippen LogP contribution in [0.3, 0.4) is 0 Å². The molecule has 0 saturated carbocycles. The fourth-order valence-corrected chi connectivity index (χ4v) is 2.98. The van der Waals surface area contributed by atoms with Crippen LogP contribution in [0.1, 0.15) is 17.8 Å². The molecule has 2 aromatic heterocycles. The number of nitrogens with one attached hydrogen (secondary N) is 1. The van der Waals surface area contributed by atoms with E-state index in [9.17, 15) is 0 Å². The molecule has 0 aliphatic rings. The first-order chi connectivity index (χ1) is 8.27. The second kappa shape index (κ2) is 6.18. The van der Waals surface area contributed by atoms with Crippen LogP contribution in [0.15, 0.2) is 29.0 Å². The molecule has 0 aliphatic carbocycles. The highest BCUT2D eigenvalue weighted by Crippen LogP contribution is 2.18. The van der Waals surface area contributed by atoms with Gasteiger partial charge in [0.2, 0.25) is 0 Å². The van der Waals surface area contributed by atoms with Gasteiger partial charge in [-0.1, -0.05) is 17.8 Å². The quantitative estimate of drug-likeness (QED) is 0.645. The van der Waals surface area contributed by atoms with E-state index in [1.165, 1.54) is 4.88 Å². The Balaban J connectivity index is 1.68. The standard InChI is InChI=1S/C11H16N4S2/c1-9(10-4-3-6-16-10)12-5-7-17-11-14-13-8-15(11)2/h3-4,6,8-9,12H,5,7H2,1-2H3. The molecule has 0 fully saturated rings. The molecule has 0 bridgehead atoms. The van der Waals surface area contributed by atoms with Crippen molar-refractivity contribution in [1.29, 1.82) is 0 Å². The molecule has 0 radical (unpaired) electrons. The summed E-state index contributed by atoms with van der Waals surface area (Å²) in [5.41, 5.74) is 0. The van der Waals surface area contributed by atoms with E-state index in [4.69, 9.17) is 0 Å². The molecule has 2 aromatic rings. The van der Waals surface area contributed by atoms with Crippen molar-refractivity contribution >= 4 is 23.1 Å². The third kappa shape index (κ3) is 3.55. The molecule has 0 amide bonds. The molecule has 1 unspecified atom stereocenters. The summed E-state index contributed by atoms with van der Waals surface area (Å²) in [6, 6.07) is 4.68. The summed E-state index contributed by atoms with van der Waals surface area (Å²) in [6.07, 6.45) is 1.73. The Bertz CT molecular complexity index is 438. The summed E-state index contributed by atoms with van der Waals surface area (Å²) in [7, 11) is 1.96. The normalized spacial score (nSPS) is 12.8. The van der Waals surface area contributed by atoms with Crippen molar-refractivity contribution in [3.05, 3.63) is 28.7 Å². The summed E-state index contributed by atoms with van der Waals surface area (Å²) in [4.78, 5) is 1.38. The monoisotopic (exact) mass is 268 g/mol. The predicted molar refractivity (Wildman–Crippen MR) is 72.5 cm³/mol. The third-order valence-electron chi connectivity index (χ3n) is 2.42. The van der Waals surface area contributed by atoms with Gasteiger partial charge in [0.25, 0.3) is 0 Å². The second-order valence-corrected chi connectivity index (χ2v) is 5.81. The van der Waals surface area contributed by atoms with Crippen LogP contribution in [0.5, 0.6) is 0 Å². The number of aryl methyl sites for hydroxylation is 1. The van der Waals surface area contributed by atoms with Crippen molar-refractivity contribution < 1.29 is 0 Å². The van der Waals surface area contributed by atoms with Crippen molar-refractivity contribution in [3.63, 3.8) is 0 Å². The lowest BCUT2D eigenvalue weighted by atomic mass is 10.3. The Morgan fingerprint density at radius 1 is 1.59 bits per heavy atom. The smallest absolute Gasteiger partial charge is 0.190 e. The average molecular weight is 268 g/mol. The highest BCUT2D eigenvalue weighted by atomic mass is 32.2. The highest BCUT2D eigenvalue weighted by molar-refractivity contribution is 7.99. The van der Waals surface area contributed by atoms with Gasteiger partial charge in [-0.15, -0.1) is 21.5 Å². The maximum absolute atomic E-state index is 4.03. The van der Waals surface area contributed by atoms with Crippen LogP contribution in [0, 0.1) is 0 Å². The molecule has 1 N–H and O–H groups in total. The molecular weight excluding hydrogens is 252 g/mol. The average Bonchev–Trinajstić information content (AvgIpc) is 2.96. The Morgan fingerprint density at radius 2 is 2.47 bits per heavy atom. The lowest BCUT2D eigenvalue weighted by Crippen LogP contribution is -2.20. The molecule has 4 nitrogen and oxygen atoms in total. The molecule has 2 rings (SSSR count). The van der Waals surface area contributed by atoms with Crippen molar-refractivity contribution in [2.45, 2.75) is 18.1 Å². The largest absolute Gasteiger partial charge is 0.312 e. The van der Waals surface area contributed by atoms with Crippen molar-refractivity contribution in [2.24, 2.45) is 7.05 Å². The van der Waals surface area contributed by atoms with Gasteiger partial charge in [-0.05, 0) is 18.4 Å². The van der Waals surface area contributed by atoms with E-state index in [0.717, 1.165) is 17.5 Å². The number of nitrogens with zero attached hydrogens (tertiary/aromatic N) is 3. The van der Waals surface area contributed by atoms with Crippen molar-refractivity contribution in [3.8, 4) is 0 Å². The molecular formula is C11H16N4S2. The Morgan fingerprint density at radius 3 is 3.12 bits per heavy atom. The molecule has 2 heterocycles. The molecule has 0 aliphatic heterocycles. The van der Waals surface area contributed by atoms with Crippen LogP contribution in [0.2, 0.25) is 0 Å². The van der Waals surface area contributed by atoms with Gasteiger partial charge in [0.05, 0.1) is 0 Å². The van der Waals surface area contributed by atoms with Gasteiger partial charge in [-0.2, -0.15) is 0 Å². The second-order valence-electron chi connectivity index (χ2n) is 3.76. The minimum Gasteiger partial charge on any atom is -0.312 e. The lowest BCUT2D eigenvalue weighted by molar-refractivity contribution is 0.610. The molecule has 0 saturated heterocycles. The predicted octanol–water partition coefficient (Wildman–Crippen LogP) is 2.32. The summed E-state index contributed by atoms with van der Waals surface area (Å²) in [5, 5.41) is 14.5. The van der Waals surface area contributed by atoms with Gasteiger partial charge in [0.1, 0.15) is 6.33 Å². The SMILES string of the molecule is CC(NCCSc1nncn1C)c1cccs1. The highest BCUT2D eigenvalue weighted by Gasteiger charge is 2.05. The number of aromatic nitrogens is 3. The third-order valence-corrected chi connectivity index (χ3v) is 4.51. The molecule has 0 aromatic carbocycles. The molecule has 0 spiro atoms. The summed E-state index contributed by atoms with van der Waals surface area (Å²) in [5.74, 6) is 1.00. The van der Waals surface area contributed by atoms with E-state index in [2.05, 4.69) is 40.0 Å². The zero-order valence-electron chi connectivity index (χ0n) is 9.96. The van der Waals surface area contributed by atoms with Crippen LogP contribution in [-0.2, 0) is 7.05 Å². The van der Waals surface area contributed by atoms with Crippen LogP contribution in [0.25, 0.3) is 0 Å². The van der Waals surface area contributed by atoms with E-state index < -0.39 is 0 Å². The van der Waals surface area contributed by atoms with Crippen LogP contribution >= 0.6 is 23.1 Å². The van der Waals surface area contributed by atoms with E-state index in [1.54, 1.807) is 29.4 Å². The molecule has 92 valence electrons. The molecule has 17 heavy (non-hydrogen) atoms. The van der Waals surface area contributed by atoms with E-state index in [-0.39, 0.29) is 0 Å². The summed E-state index contributed by atoms with van der Waals surface area (Å²) in [6.45, 7) is 3.16. The van der Waals surface area contributed by atoms with Gasteiger partial charge in [-0.25, -0.2) is 0 Å². The van der Waals surface area contributed by atoms with Gasteiger partial charge in [-0.3, -0.25) is 0 Å². The fourth-order valence-electron chi connectivity index (χ4n) is 1.46. The number of hydrogen-bond acceptors (Lipinski definition) is 5. The van der Waals surface area contributed by atoms with E-state index >= 15 is 0 Å². The zero-order valence-corrected chi connectivity index (χ0v) is 11.6. The number of thioether (sulfide) groups is 1. The Kier molecular flexibility index (Phi) is 4.58. The van der Waals surface area contributed by atoms with Crippen molar-refractivity contribution in [1.82, 2.24) is 20.1 Å². The minimum absolute atomic E-state index is 0.426. The maximum Gasteiger partial charge on any atom is 0.190 e. The van der Waals surface area contributed by atoms with Gasteiger partial charge in [0, 0.05) is 30.3 Å². The Hall–Kier alpha value is -0.850. The first-order valence-electron chi connectivity index (χ1n) is 5.51. The minimum atomic E-state index is 0.426. The van der Waals surface area contributed by atoms with Gasteiger partial charge >= 0.3 is 0 Å². The van der Waals surface area contributed by atoms with Crippen molar-refractivity contribution in [2.75, 3.05) is 12.3 Å². The Labute approximate surface area is 109 Å². The first kappa shape index (κ1) is 12.6. The van der Waals surface area contributed by atoms with E-state index in [1.807, 2.05) is 11.6 Å². The lowest BCUT2D eigenvalue weighted by Gasteiger charge is -2.11. The number of hydrogen-bond donors (Lipinski definition) is 1. The zero-order chi connectivity index (χ0) is 12.1. The fraction of sp³-hybridized carbons (Fsp3) is 0.455. The first-order valence-corrected chi connectivity index (χ1v) is 7.37. The van der Waals surface area contributed by atoms with E-state index in [0.29, 0.717) is 6.04 Å². The topological polar surface area (TPSA) is 42.7 Å². The summed E-state index contributed by atoms with van der Waals surface area (Å²) >= 11 is 3.52. The van der Waals surface area contributed by atoms with Crippen LogP contribution in [-0.4, -0.2) is 27.1 Å².